The molecule has 3 aromatic carbocycles. The molecule has 0 radical (unpaired) electrons. The molecule has 0 fully saturated rings. The number of likely N-dealkylation sites (N-methyl/N-ethyl adjacent to an activating group) is 1. The van der Waals surface area contributed by atoms with Gasteiger partial charge in [0, 0.05) is 13.0 Å². The maximum atomic E-state index is 13.0. The molecule has 0 heterocycles. The summed E-state index contributed by atoms with van der Waals surface area (Å²) in [5.41, 5.74) is 4.70. The molecular formula is C27H26N2O6. The van der Waals surface area contributed by atoms with Crippen molar-refractivity contribution in [2.45, 2.75) is 18.9 Å². The number of carbonyl (C=O) groups excluding carboxylic acids is 2. The van der Waals surface area contributed by atoms with Gasteiger partial charge in [0.25, 0.3) is 5.91 Å². The quantitative estimate of drug-likeness (QED) is 0.519. The average molecular weight is 475 g/mol. The average Bonchev–Trinajstić information content (AvgIpc) is 3.20. The van der Waals surface area contributed by atoms with Crippen molar-refractivity contribution in [3.8, 4) is 16.9 Å². The van der Waals surface area contributed by atoms with Gasteiger partial charge in [0.2, 0.25) is 0 Å². The lowest BCUT2D eigenvalue weighted by molar-refractivity contribution is -0.141. The number of aliphatic carboxylic acids is 1. The minimum Gasteiger partial charge on any atom is -0.497 e. The zero-order chi connectivity index (χ0) is 25.1. The van der Waals surface area contributed by atoms with Crippen LogP contribution in [-0.2, 0) is 9.53 Å². The van der Waals surface area contributed by atoms with Gasteiger partial charge in [-0.05, 0) is 47.4 Å². The van der Waals surface area contributed by atoms with Crippen molar-refractivity contribution in [3.63, 3.8) is 0 Å². The van der Waals surface area contributed by atoms with Crippen molar-refractivity contribution in [2.75, 3.05) is 26.1 Å². The Kier molecular flexibility index (Phi) is 6.73. The molecule has 0 aliphatic heterocycles. The van der Waals surface area contributed by atoms with Gasteiger partial charge < -0.3 is 19.5 Å². The van der Waals surface area contributed by atoms with E-state index >= 15 is 0 Å². The molecule has 1 unspecified atom stereocenters. The molecule has 0 aromatic heterocycles. The number of amides is 2. The third-order valence-corrected chi connectivity index (χ3v) is 6.30. The maximum absolute atomic E-state index is 13.0. The third kappa shape index (κ3) is 4.68. The number of ether oxygens (including phenoxy) is 2. The molecule has 2 N–H and O–H groups in total. The number of hydrogen-bond donors (Lipinski definition) is 2. The Hall–Kier alpha value is -4.33. The van der Waals surface area contributed by atoms with Crippen molar-refractivity contribution < 1.29 is 29.0 Å². The van der Waals surface area contributed by atoms with E-state index in [9.17, 15) is 19.5 Å². The van der Waals surface area contributed by atoms with E-state index in [2.05, 4.69) is 17.4 Å². The highest BCUT2D eigenvalue weighted by Crippen LogP contribution is 2.44. The van der Waals surface area contributed by atoms with Gasteiger partial charge >= 0.3 is 12.1 Å². The zero-order valence-corrected chi connectivity index (χ0v) is 19.6. The van der Waals surface area contributed by atoms with E-state index in [1.165, 1.54) is 33.2 Å². The minimum absolute atomic E-state index is 0.0912. The SMILES string of the molecule is COc1ccc(NC(=O)OCC2c3ccccc3-c3ccccc32)c(C(=O)N(C)C(C)C(=O)O)c1. The van der Waals surface area contributed by atoms with Gasteiger partial charge in [-0.25, -0.2) is 9.59 Å². The van der Waals surface area contributed by atoms with Crippen LogP contribution in [0.1, 0.15) is 34.3 Å². The number of benzene rings is 3. The Morgan fingerprint density at radius 3 is 2.17 bits per heavy atom. The molecule has 1 aliphatic rings. The van der Waals surface area contributed by atoms with E-state index in [1.807, 2.05) is 36.4 Å². The lowest BCUT2D eigenvalue weighted by atomic mass is 9.98. The van der Waals surface area contributed by atoms with Crippen LogP contribution in [0.5, 0.6) is 5.75 Å². The first-order chi connectivity index (χ1) is 16.8. The van der Waals surface area contributed by atoms with Crippen LogP contribution >= 0.6 is 0 Å². The fraction of sp³-hybridized carbons (Fsp3) is 0.222. The van der Waals surface area contributed by atoms with E-state index in [0.717, 1.165) is 27.2 Å². The number of carbonyl (C=O) groups is 3. The van der Waals surface area contributed by atoms with Gasteiger partial charge in [0.05, 0.1) is 18.4 Å². The van der Waals surface area contributed by atoms with Crippen molar-refractivity contribution in [3.05, 3.63) is 83.4 Å². The summed E-state index contributed by atoms with van der Waals surface area (Å²) >= 11 is 0. The third-order valence-electron chi connectivity index (χ3n) is 6.30. The Balaban J connectivity index is 1.52. The summed E-state index contributed by atoms with van der Waals surface area (Å²) in [6.07, 6.45) is -0.722. The van der Waals surface area contributed by atoms with E-state index < -0.39 is 24.0 Å². The highest BCUT2D eigenvalue weighted by molar-refractivity contribution is 6.04. The summed E-state index contributed by atoms with van der Waals surface area (Å²) < 4.78 is 10.8. The molecule has 1 atom stereocenters. The molecule has 8 heteroatoms. The number of nitrogens with one attached hydrogen (secondary N) is 1. The molecule has 2 amide bonds. The molecule has 0 bridgehead atoms. The molecule has 0 saturated carbocycles. The minimum atomic E-state index is -1.14. The largest absolute Gasteiger partial charge is 0.497 e. The maximum Gasteiger partial charge on any atom is 0.411 e. The summed E-state index contributed by atoms with van der Waals surface area (Å²) in [4.78, 5) is 38.2. The van der Waals surface area contributed by atoms with Gasteiger partial charge in [-0.15, -0.1) is 0 Å². The van der Waals surface area contributed by atoms with Crippen molar-refractivity contribution in [2.24, 2.45) is 0 Å². The van der Waals surface area contributed by atoms with Crippen LogP contribution in [0.15, 0.2) is 66.7 Å². The van der Waals surface area contributed by atoms with Crippen LogP contribution < -0.4 is 10.1 Å². The first kappa shape index (κ1) is 23.8. The summed E-state index contributed by atoms with van der Waals surface area (Å²) in [6.45, 7) is 1.52. The van der Waals surface area contributed by atoms with Crippen molar-refractivity contribution in [1.82, 2.24) is 4.90 Å². The zero-order valence-electron chi connectivity index (χ0n) is 19.6. The lowest BCUT2D eigenvalue weighted by Gasteiger charge is -2.23. The second kappa shape index (κ2) is 9.89. The number of carboxylic acid groups (broad SMARTS) is 1. The van der Waals surface area contributed by atoms with Crippen molar-refractivity contribution in [1.29, 1.82) is 0 Å². The van der Waals surface area contributed by atoms with Gasteiger partial charge in [-0.2, -0.15) is 0 Å². The fourth-order valence-electron chi connectivity index (χ4n) is 4.21. The molecule has 4 rings (SSSR count). The number of anilines is 1. The molecule has 0 saturated heterocycles. The van der Waals surface area contributed by atoms with Gasteiger partial charge in [-0.3, -0.25) is 10.1 Å². The monoisotopic (exact) mass is 474 g/mol. The predicted molar refractivity (Wildman–Crippen MR) is 131 cm³/mol. The smallest absolute Gasteiger partial charge is 0.411 e. The Morgan fingerprint density at radius 2 is 1.60 bits per heavy atom. The van der Waals surface area contributed by atoms with Gasteiger partial charge in [0.15, 0.2) is 0 Å². The van der Waals surface area contributed by atoms with E-state index in [1.54, 1.807) is 6.07 Å². The molecule has 180 valence electrons. The Labute approximate surface area is 203 Å². The van der Waals surface area contributed by atoms with Crippen LogP contribution in [0.25, 0.3) is 11.1 Å². The highest BCUT2D eigenvalue weighted by atomic mass is 16.5. The number of fused-ring (bicyclic) bond motifs is 3. The van der Waals surface area contributed by atoms with Gasteiger partial charge in [-0.1, -0.05) is 48.5 Å². The number of nitrogens with zero attached hydrogens (tertiary/aromatic N) is 1. The summed E-state index contributed by atoms with van der Waals surface area (Å²) in [5.74, 6) is -1.43. The highest BCUT2D eigenvalue weighted by Gasteiger charge is 2.30. The molecule has 1 aliphatic carbocycles. The molecule has 0 spiro atoms. The topological polar surface area (TPSA) is 105 Å². The number of carboxylic acids is 1. The molecular weight excluding hydrogens is 448 g/mol. The predicted octanol–water partition coefficient (Wildman–Crippen LogP) is 4.60. The van der Waals surface area contributed by atoms with E-state index in [4.69, 9.17) is 9.47 Å². The Morgan fingerprint density at radius 1 is 1.00 bits per heavy atom. The second-order valence-corrected chi connectivity index (χ2v) is 8.29. The standard InChI is InChI=1S/C27H26N2O6/c1-16(26(31)32)29(2)25(30)22-14-17(34-3)12-13-24(22)28-27(33)35-15-23-20-10-6-4-8-18(20)19-9-5-7-11-21(19)23/h4-14,16,23H,15H2,1-3H3,(H,28,33)(H,31,32). The summed E-state index contributed by atoms with van der Waals surface area (Å²) in [6, 6.07) is 19.6. The molecule has 35 heavy (non-hydrogen) atoms. The summed E-state index contributed by atoms with van der Waals surface area (Å²) in [5, 5.41) is 11.9. The lowest BCUT2D eigenvalue weighted by Crippen LogP contribution is -2.40. The first-order valence-electron chi connectivity index (χ1n) is 11.1. The van der Waals surface area contributed by atoms with Crippen LogP contribution in [0, 0.1) is 0 Å². The number of hydrogen-bond acceptors (Lipinski definition) is 5. The molecule has 8 nitrogen and oxygen atoms in total. The van der Waals surface area contributed by atoms with Crippen LogP contribution in [0.4, 0.5) is 10.5 Å². The normalized spacial score (nSPS) is 12.8. The number of rotatable bonds is 7. The second-order valence-electron chi connectivity index (χ2n) is 8.29. The van der Waals surface area contributed by atoms with E-state index in [0.29, 0.717) is 5.75 Å². The van der Waals surface area contributed by atoms with Crippen LogP contribution in [0.2, 0.25) is 0 Å². The summed E-state index contributed by atoms with van der Waals surface area (Å²) in [7, 11) is 2.84. The Bertz CT molecular complexity index is 1240. The van der Waals surface area contributed by atoms with Crippen molar-refractivity contribution >= 4 is 23.7 Å². The van der Waals surface area contributed by atoms with Crippen LogP contribution in [0.3, 0.4) is 0 Å². The first-order valence-corrected chi connectivity index (χ1v) is 11.1. The number of methoxy groups -OCH3 is 1. The van der Waals surface area contributed by atoms with Gasteiger partial charge in [0.1, 0.15) is 18.4 Å². The van der Waals surface area contributed by atoms with E-state index in [-0.39, 0.29) is 23.8 Å². The van der Waals surface area contributed by atoms with Crippen LogP contribution in [-0.4, -0.2) is 54.8 Å². The molecule has 3 aromatic rings. The fourth-order valence-corrected chi connectivity index (χ4v) is 4.21.